The molecule has 4 aromatic carbocycles. The largest absolute Gasteiger partial charge is 0.447 e. The van der Waals surface area contributed by atoms with Crippen LogP contribution in [0.2, 0.25) is 0 Å². The molecule has 0 aliphatic carbocycles. The first-order chi connectivity index (χ1) is 31.9. The van der Waals surface area contributed by atoms with E-state index in [1.54, 1.807) is 56.9 Å². The second kappa shape index (κ2) is 20.1. The van der Waals surface area contributed by atoms with Gasteiger partial charge in [0.1, 0.15) is 12.1 Å². The number of carbonyl (C=O) groups excluding carboxylic acids is 5. The summed E-state index contributed by atoms with van der Waals surface area (Å²) in [5.41, 5.74) is 7.12. The molecule has 5 amide bonds. The van der Waals surface area contributed by atoms with Gasteiger partial charge in [0, 0.05) is 47.2 Å². The lowest BCUT2D eigenvalue weighted by atomic mass is 9.98. The summed E-state index contributed by atoms with van der Waals surface area (Å²) in [5.74, 6) is -1.59. The van der Waals surface area contributed by atoms with Crippen molar-refractivity contribution in [2.75, 3.05) is 18.4 Å². The van der Waals surface area contributed by atoms with Gasteiger partial charge in [0.15, 0.2) is 0 Å². The predicted molar refractivity (Wildman–Crippen MR) is 252 cm³/mol. The van der Waals surface area contributed by atoms with Crippen molar-refractivity contribution in [3.05, 3.63) is 132 Å². The van der Waals surface area contributed by atoms with Gasteiger partial charge >= 0.3 is 12.2 Å². The smallest absolute Gasteiger partial charge is 0.433 e. The topological polar surface area (TPSA) is 191 Å². The van der Waals surface area contributed by atoms with Crippen LogP contribution in [-0.2, 0) is 23.9 Å². The SMILES string of the molecule is CC(C)OC(=O)N=CC(C(=O)N1CCC[C@H]1c1cc(-c2ccc(-c3cc4cc(NC(=O)[C@@H]5CCCN5C(=O)[C@H](NC(=O)OC(C)C)c5ccccc5)ccc4[nH]3)cc2)n[nH]1)c1ccccc1. The molecule has 2 aliphatic heterocycles. The van der Waals surface area contributed by atoms with Gasteiger partial charge in [-0.2, -0.15) is 10.1 Å². The van der Waals surface area contributed by atoms with E-state index in [4.69, 9.17) is 9.47 Å². The minimum absolute atomic E-state index is 0.153. The summed E-state index contributed by atoms with van der Waals surface area (Å²) in [5, 5.41) is 14.5. The van der Waals surface area contributed by atoms with Crippen LogP contribution in [0.5, 0.6) is 0 Å². The van der Waals surface area contributed by atoms with Gasteiger partial charge in [-0.3, -0.25) is 19.5 Å². The molecular weight excluding hydrogens is 837 g/mol. The summed E-state index contributed by atoms with van der Waals surface area (Å²) in [4.78, 5) is 77.7. The Kier molecular flexibility index (Phi) is 13.7. The summed E-state index contributed by atoms with van der Waals surface area (Å²) >= 11 is 0. The maximum absolute atomic E-state index is 14.1. The molecule has 8 rings (SSSR count). The number of nitrogens with zero attached hydrogens (tertiary/aromatic N) is 4. The fourth-order valence-electron chi connectivity index (χ4n) is 8.69. The molecule has 4 atom stereocenters. The fraction of sp³-hybridized carbons (Fsp3) is 0.314. The number of alkyl carbamates (subject to hydrolysis) is 1. The minimum Gasteiger partial charge on any atom is -0.447 e. The quantitative estimate of drug-likeness (QED) is 0.0826. The lowest BCUT2D eigenvalue weighted by Crippen LogP contribution is -2.48. The van der Waals surface area contributed by atoms with Crippen molar-refractivity contribution < 1.29 is 33.4 Å². The highest BCUT2D eigenvalue weighted by Crippen LogP contribution is 2.36. The Labute approximate surface area is 383 Å². The number of hydrogen-bond acceptors (Lipinski definition) is 8. The predicted octanol–water partition coefficient (Wildman–Crippen LogP) is 9.09. The molecule has 340 valence electrons. The molecule has 0 saturated carbocycles. The Hall–Kier alpha value is -7.55. The van der Waals surface area contributed by atoms with E-state index in [-0.39, 0.29) is 36.0 Å². The number of carbonyl (C=O) groups is 5. The van der Waals surface area contributed by atoms with Crippen molar-refractivity contribution in [2.45, 2.75) is 89.6 Å². The molecule has 66 heavy (non-hydrogen) atoms. The van der Waals surface area contributed by atoms with Gasteiger partial charge in [0.05, 0.1) is 35.6 Å². The number of ether oxygens (including phenoxy) is 2. The maximum atomic E-state index is 14.1. The van der Waals surface area contributed by atoms with E-state index in [2.05, 4.69) is 30.8 Å². The van der Waals surface area contributed by atoms with Crippen LogP contribution in [0.1, 0.15) is 88.2 Å². The van der Waals surface area contributed by atoms with Gasteiger partial charge < -0.3 is 34.9 Å². The summed E-state index contributed by atoms with van der Waals surface area (Å²) in [6.07, 6.45) is 1.96. The van der Waals surface area contributed by atoms with E-state index in [0.29, 0.717) is 37.2 Å². The normalized spacial score (nSPS) is 17.1. The Morgan fingerprint density at radius 2 is 1.41 bits per heavy atom. The summed E-state index contributed by atoms with van der Waals surface area (Å²) in [7, 11) is 0. The van der Waals surface area contributed by atoms with Gasteiger partial charge in [-0.05, 0) is 100 Å². The highest BCUT2D eigenvalue weighted by molar-refractivity contribution is 6.02. The van der Waals surface area contributed by atoms with Crippen LogP contribution >= 0.6 is 0 Å². The number of likely N-dealkylation sites (tertiary alicyclic amines) is 2. The first kappa shape index (κ1) is 45.0. The van der Waals surface area contributed by atoms with Gasteiger partial charge in [-0.15, -0.1) is 0 Å². The number of fused-ring (bicyclic) bond motifs is 1. The van der Waals surface area contributed by atoms with Crippen LogP contribution in [-0.4, -0.2) is 92.4 Å². The van der Waals surface area contributed by atoms with Crippen molar-refractivity contribution in [1.82, 2.24) is 30.3 Å². The van der Waals surface area contributed by atoms with Crippen LogP contribution in [0.25, 0.3) is 33.4 Å². The average molecular weight is 891 g/mol. The molecule has 1 unspecified atom stereocenters. The zero-order chi connectivity index (χ0) is 46.3. The van der Waals surface area contributed by atoms with E-state index < -0.39 is 30.2 Å². The van der Waals surface area contributed by atoms with Gasteiger partial charge in [-0.25, -0.2) is 9.59 Å². The Balaban J connectivity index is 0.927. The number of benzene rings is 4. The van der Waals surface area contributed by atoms with Crippen LogP contribution < -0.4 is 10.6 Å². The van der Waals surface area contributed by atoms with Crippen LogP contribution in [0.4, 0.5) is 15.3 Å². The standard InChI is InChI=1S/C51H54N8O7/c1-31(2)65-50(63)52-30-39(33-13-7-5-8-14-33)48(61)58-25-11-17-44(58)43-29-42(56-57-43)35-21-19-34(20-22-35)41-28-37-27-38(23-24-40(37)54-41)53-47(60)45-18-12-26-59(45)49(62)46(36-15-9-6-10-16-36)55-51(64)66-32(3)4/h5-10,13-16,19-24,27-32,39,44-46,54H,11-12,17-18,25-26H2,1-4H3,(H,53,60)(H,55,64)(H,56,57)/t39?,44-,45-,46+/m0/s1. The highest BCUT2D eigenvalue weighted by Gasteiger charge is 2.39. The number of H-pyrrole nitrogens is 2. The van der Waals surface area contributed by atoms with Crippen LogP contribution in [0, 0.1) is 0 Å². The number of aliphatic imine (C=N–C) groups is 1. The second-order valence-corrected chi connectivity index (χ2v) is 17.2. The highest BCUT2D eigenvalue weighted by atomic mass is 16.6. The Morgan fingerprint density at radius 1 is 0.742 bits per heavy atom. The maximum Gasteiger partial charge on any atom is 0.433 e. The number of aromatic amines is 2. The summed E-state index contributed by atoms with van der Waals surface area (Å²) in [6.45, 7) is 7.91. The minimum atomic E-state index is -1.01. The summed E-state index contributed by atoms with van der Waals surface area (Å²) in [6, 6.07) is 34.0. The van der Waals surface area contributed by atoms with E-state index in [1.165, 1.54) is 6.21 Å². The zero-order valence-electron chi connectivity index (χ0n) is 37.4. The Morgan fingerprint density at radius 3 is 2.12 bits per heavy atom. The molecule has 15 nitrogen and oxygen atoms in total. The molecule has 2 fully saturated rings. The van der Waals surface area contributed by atoms with Crippen LogP contribution in [0.3, 0.4) is 0 Å². The number of rotatable bonds is 13. The molecule has 0 radical (unpaired) electrons. The van der Waals surface area contributed by atoms with E-state index in [1.807, 2.05) is 95.9 Å². The molecule has 15 heteroatoms. The average Bonchev–Trinajstić information content (AvgIpc) is 4.15. The third-order valence-corrected chi connectivity index (χ3v) is 11.8. The van der Waals surface area contributed by atoms with Crippen molar-refractivity contribution in [1.29, 1.82) is 0 Å². The number of aromatic nitrogens is 3. The van der Waals surface area contributed by atoms with Crippen LogP contribution in [0.15, 0.2) is 120 Å². The number of nitrogens with one attached hydrogen (secondary N) is 4. The lowest BCUT2D eigenvalue weighted by molar-refractivity contribution is -0.138. The zero-order valence-corrected chi connectivity index (χ0v) is 37.4. The molecule has 2 aliphatic rings. The molecule has 6 aromatic rings. The van der Waals surface area contributed by atoms with Crippen molar-refractivity contribution in [2.24, 2.45) is 4.99 Å². The summed E-state index contributed by atoms with van der Waals surface area (Å²) < 4.78 is 10.5. The van der Waals surface area contributed by atoms with Crippen molar-refractivity contribution in [3.63, 3.8) is 0 Å². The first-order valence-corrected chi connectivity index (χ1v) is 22.4. The Bertz CT molecular complexity index is 2710. The monoisotopic (exact) mass is 890 g/mol. The molecule has 2 aromatic heterocycles. The second-order valence-electron chi connectivity index (χ2n) is 17.2. The molecule has 4 heterocycles. The number of anilines is 1. The molecule has 2 saturated heterocycles. The van der Waals surface area contributed by atoms with E-state index >= 15 is 0 Å². The number of amides is 5. The molecular formula is C51H54N8O7. The third-order valence-electron chi connectivity index (χ3n) is 11.8. The first-order valence-electron chi connectivity index (χ1n) is 22.4. The van der Waals surface area contributed by atoms with E-state index in [0.717, 1.165) is 57.5 Å². The van der Waals surface area contributed by atoms with Crippen molar-refractivity contribution in [3.8, 4) is 22.5 Å². The fourth-order valence-corrected chi connectivity index (χ4v) is 8.69. The molecule has 0 spiro atoms. The molecule has 4 N–H and O–H groups in total. The number of hydrogen-bond donors (Lipinski definition) is 4. The van der Waals surface area contributed by atoms with E-state index in [9.17, 15) is 24.0 Å². The lowest BCUT2D eigenvalue weighted by Gasteiger charge is -2.29. The third kappa shape index (κ3) is 10.4. The van der Waals surface area contributed by atoms with Crippen molar-refractivity contribution >= 4 is 52.7 Å². The molecule has 0 bridgehead atoms. The van der Waals surface area contributed by atoms with Gasteiger partial charge in [0.25, 0.3) is 5.91 Å². The van der Waals surface area contributed by atoms with Gasteiger partial charge in [0.2, 0.25) is 11.8 Å². The van der Waals surface area contributed by atoms with Gasteiger partial charge in [-0.1, -0.05) is 84.9 Å².